The molecule has 6 nitrogen and oxygen atoms in total. The maximum Gasteiger partial charge on any atom is 0.230 e. The maximum absolute atomic E-state index is 9.43. The van der Waals surface area contributed by atoms with Crippen molar-refractivity contribution in [2.45, 2.75) is 19.8 Å². The molecular formula is C17H20N6. The second-order valence-electron chi connectivity index (χ2n) is 5.70. The molecule has 0 unspecified atom stereocenters. The molecule has 0 fully saturated rings. The number of aromatic nitrogens is 3. The van der Waals surface area contributed by atoms with E-state index < -0.39 is 0 Å². The van der Waals surface area contributed by atoms with Gasteiger partial charge in [-0.25, -0.2) is 0 Å². The van der Waals surface area contributed by atoms with Crippen LogP contribution in [0, 0.1) is 11.3 Å². The highest BCUT2D eigenvalue weighted by Crippen LogP contribution is 2.19. The molecule has 1 heterocycles. The van der Waals surface area contributed by atoms with Crippen LogP contribution in [-0.4, -0.2) is 29.0 Å². The van der Waals surface area contributed by atoms with Crippen molar-refractivity contribution >= 4 is 23.5 Å². The zero-order valence-electron chi connectivity index (χ0n) is 13.8. The van der Waals surface area contributed by atoms with E-state index in [2.05, 4.69) is 47.0 Å². The molecule has 6 heteroatoms. The van der Waals surface area contributed by atoms with E-state index >= 15 is 0 Å². The van der Waals surface area contributed by atoms with Gasteiger partial charge in [0.2, 0.25) is 11.9 Å². The van der Waals surface area contributed by atoms with Gasteiger partial charge in [-0.15, -0.1) is 0 Å². The lowest BCUT2D eigenvalue weighted by molar-refractivity contribution is 0.866. The van der Waals surface area contributed by atoms with Crippen LogP contribution >= 0.6 is 0 Å². The van der Waals surface area contributed by atoms with Crippen molar-refractivity contribution in [3.8, 4) is 6.07 Å². The molecule has 0 saturated heterocycles. The van der Waals surface area contributed by atoms with Crippen molar-refractivity contribution in [3.63, 3.8) is 0 Å². The van der Waals surface area contributed by atoms with Crippen LogP contribution in [0.5, 0.6) is 0 Å². The molecule has 0 aliphatic heterocycles. The largest absolute Gasteiger partial charge is 0.368 e. The lowest BCUT2D eigenvalue weighted by Crippen LogP contribution is -2.15. The Morgan fingerprint density at radius 3 is 2.35 bits per heavy atom. The molecule has 23 heavy (non-hydrogen) atoms. The van der Waals surface area contributed by atoms with Crippen LogP contribution in [0.15, 0.2) is 24.3 Å². The van der Waals surface area contributed by atoms with Crippen LogP contribution in [0.3, 0.4) is 0 Å². The third-order valence-electron chi connectivity index (χ3n) is 3.32. The molecule has 1 aromatic heterocycles. The predicted molar refractivity (Wildman–Crippen MR) is 92.6 cm³/mol. The Bertz CT molecular complexity index is 754. The fourth-order valence-electron chi connectivity index (χ4n) is 1.99. The van der Waals surface area contributed by atoms with Crippen LogP contribution in [0.4, 0.5) is 11.9 Å². The van der Waals surface area contributed by atoms with E-state index in [9.17, 15) is 5.26 Å². The number of nitrogens with zero attached hydrogens (tertiary/aromatic N) is 5. The van der Waals surface area contributed by atoms with Crippen molar-refractivity contribution in [1.29, 1.82) is 5.26 Å². The van der Waals surface area contributed by atoms with Gasteiger partial charge in [0.25, 0.3) is 0 Å². The normalized spacial score (nSPS) is 11.4. The standard InChI is InChI=1S/C17H20N6/c1-11(2)13-7-5-12(6-8-13)9-14(10-18)15-20-16(19)22-17(21-15)23(3)4/h5-9,11H,1-4H3,(H2,19,20,21,22)/b14-9+. The maximum atomic E-state index is 9.43. The number of hydrogen-bond donors (Lipinski definition) is 1. The van der Waals surface area contributed by atoms with Crippen molar-refractivity contribution in [3.05, 3.63) is 41.2 Å². The fraction of sp³-hybridized carbons (Fsp3) is 0.294. The van der Waals surface area contributed by atoms with Gasteiger partial charge in [0, 0.05) is 14.1 Å². The van der Waals surface area contributed by atoms with Crippen molar-refractivity contribution < 1.29 is 0 Å². The summed E-state index contributed by atoms with van der Waals surface area (Å²) >= 11 is 0. The average molecular weight is 308 g/mol. The van der Waals surface area contributed by atoms with E-state index in [0.717, 1.165) is 5.56 Å². The first-order valence-corrected chi connectivity index (χ1v) is 7.31. The summed E-state index contributed by atoms with van der Waals surface area (Å²) < 4.78 is 0. The summed E-state index contributed by atoms with van der Waals surface area (Å²) in [5.74, 6) is 1.25. The first-order valence-electron chi connectivity index (χ1n) is 7.31. The summed E-state index contributed by atoms with van der Waals surface area (Å²) in [7, 11) is 3.61. The van der Waals surface area contributed by atoms with Gasteiger partial charge in [-0.2, -0.15) is 20.2 Å². The molecule has 2 aromatic rings. The van der Waals surface area contributed by atoms with Crippen molar-refractivity contribution in [1.82, 2.24) is 15.0 Å². The molecule has 0 radical (unpaired) electrons. The Kier molecular flexibility index (Phi) is 4.91. The molecule has 0 saturated carbocycles. The van der Waals surface area contributed by atoms with E-state index in [1.165, 1.54) is 5.56 Å². The van der Waals surface area contributed by atoms with Crippen molar-refractivity contribution in [2.24, 2.45) is 0 Å². The first kappa shape index (κ1) is 16.4. The number of nitriles is 1. The Balaban J connectivity index is 2.41. The average Bonchev–Trinajstić information content (AvgIpc) is 2.52. The van der Waals surface area contributed by atoms with Gasteiger partial charge in [0.15, 0.2) is 5.82 Å². The molecule has 2 N–H and O–H groups in total. The zero-order chi connectivity index (χ0) is 17.0. The number of allylic oxidation sites excluding steroid dienone is 1. The molecule has 0 amide bonds. The summed E-state index contributed by atoms with van der Waals surface area (Å²) in [5.41, 5.74) is 8.22. The minimum atomic E-state index is 0.0926. The quantitative estimate of drug-likeness (QED) is 0.873. The second-order valence-corrected chi connectivity index (χ2v) is 5.70. The third kappa shape index (κ3) is 4.04. The van der Waals surface area contributed by atoms with Gasteiger partial charge < -0.3 is 10.6 Å². The summed E-state index contributed by atoms with van der Waals surface area (Å²) in [6.45, 7) is 4.28. The molecule has 0 aliphatic rings. The SMILES string of the molecule is CC(C)c1ccc(/C=C(\C#N)c2nc(N)nc(N(C)C)n2)cc1. The number of nitrogens with two attached hydrogens (primary N) is 1. The lowest BCUT2D eigenvalue weighted by Gasteiger charge is -2.11. The van der Waals surface area contributed by atoms with Gasteiger partial charge in [0.1, 0.15) is 6.07 Å². The van der Waals surface area contributed by atoms with Gasteiger partial charge in [-0.3, -0.25) is 0 Å². The Morgan fingerprint density at radius 2 is 1.83 bits per heavy atom. The van der Waals surface area contributed by atoms with Gasteiger partial charge in [-0.1, -0.05) is 38.1 Å². The van der Waals surface area contributed by atoms with Crippen molar-refractivity contribution in [2.75, 3.05) is 24.7 Å². The number of anilines is 2. The van der Waals surface area contributed by atoms with Crippen LogP contribution in [0.25, 0.3) is 11.6 Å². The van der Waals surface area contributed by atoms with E-state index in [0.29, 0.717) is 17.4 Å². The lowest BCUT2D eigenvalue weighted by atomic mass is 10.0. The van der Waals surface area contributed by atoms with E-state index in [-0.39, 0.29) is 11.8 Å². The van der Waals surface area contributed by atoms with Gasteiger partial charge in [0.05, 0.1) is 5.57 Å². The van der Waals surface area contributed by atoms with Crippen LogP contribution in [-0.2, 0) is 0 Å². The molecule has 118 valence electrons. The highest BCUT2D eigenvalue weighted by atomic mass is 15.3. The summed E-state index contributed by atoms with van der Waals surface area (Å²) in [5, 5.41) is 9.43. The highest BCUT2D eigenvalue weighted by molar-refractivity contribution is 5.87. The fourth-order valence-corrected chi connectivity index (χ4v) is 1.99. The Hall–Kier alpha value is -2.94. The second kappa shape index (κ2) is 6.88. The zero-order valence-corrected chi connectivity index (χ0v) is 13.8. The minimum absolute atomic E-state index is 0.0926. The molecule has 0 aliphatic carbocycles. The molecule has 0 bridgehead atoms. The number of rotatable bonds is 4. The van der Waals surface area contributed by atoms with Crippen LogP contribution < -0.4 is 10.6 Å². The molecule has 0 spiro atoms. The van der Waals surface area contributed by atoms with E-state index in [1.54, 1.807) is 25.1 Å². The Morgan fingerprint density at radius 1 is 1.17 bits per heavy atom. The molecule has 1 aromatic carbocycles. The van der Waals surface area contributed by atoms with Crippen LogP contribution in [0.2, 0.25) is 0 Å². The molecular weight excluding hydrogens is 288 g/mol. The van der Waals surface area contributed by atoms with Crippen LogP contribution in [0.1, 0.15) is 36.7 Å². The Labute approximate surface area is 136 Å². The summed E-state index contributed by atoms with van der Waals surface area (Å²) in [6, 6.07) is 10.2. The summed E-state index contributed by atoms with van der Waals surface area (Å²) in [4.78, 5) is 14.1. The molecule has 0 atom stereocenters. The third-order valence-corrected chi connectivity index (χ3v) is 3.32. The number of hydrogen-bond acceptors (Lipinski definition) is 6. The first-order chi connectivity index (χ1) is 10.9. The van der Waals surface area contributed by atoms with Gasteiger partial charge >= 0.3 is 0 Å². The predicted octanol–water partition coefficient (Wildman–Crippen LogP) is 2.71. The topological polar surface area (TPSA) is 91.7 Å². The monoisotopic (exact) mass is 308 g/mol. The van der Waals surface area contributed by atoms with Gasteiger partial charge in [-0.05, 0) is 23.1 Å². The molecule has 2 rings (SSSR count). The minimum Gasteiger partial charge on any atom is -0.368 e. The summed E-state index contributed by atoms with van der Waals surface area (Å²) in [6.07, 6.45) is 1.75. The number of benzene rings is 1. The van der Waals surface area contributed by atoms with E-state index in [4.69, 9.17) is 5.73 Å². The van der Waals surface area contributed by atoms with E-state index in [1.807, 2.05) is 12.1 Å². The smallest absolute Gasteiger partial charge is 0.230 e. The number of nitrogen functional groups attached to an aromatic ring is 1. The highest BCUT2D eigenvalue weighted by Gasteiger charge is 2.10.